The molecule has 1 heterocycles. The minimum Gasteiger partial charge on any atom is -0.480 e. The number of carboxylic acid groups (broad SMARTS) is 1. The summed E-state index contributed by atoms with van der Waals surface area (Å²) in [5, 5.41) is 11.6. The molecule has 0 fully saturated rings. The average molecular weight is 254 g/mol. The van der Waals surface area contributed by atoms with Crippen LogP contribution in [0, 0.1) is 0 Å². The first kappa shape index (κ1) is 14.0. The lowest BCUT2D eigenvalue weighted by molar-refractivity contribution is -0.146. The lowest BCUT2D eigenvalue weighted by Gasteiger charge is -2.31. The summed E-state index contributed by atoms with van der Waals surface area (Å²) in [5.74, 6) is -0.359. The van der Waals surface area contributed by atoms with Crippen LogP contribution in [0.4, 0.5) is 4.79 Å². The standard InChI is InChI=1S/C11H18N4O3/c1-11(2,9(16)17)15(4)10(18)13-7-8-12-5-6-14(8)3/h5-6H,7H2,1-4H3,(H,13,18)(H,16,17). The number of aryl methyl sites for hydroxylation is 1. The van der Waals surface area contributed by atoms with Gasteiger partial charge in [-0.25, -0.2) is 14.6 Å². The van der Waals surface area contributed by atoms with Crippen LogP contribution >= 0.6 is 0 Å². The molecule has 100 valence electrons. The molecule has 0 saturated carbocycles. The SMILES string of the molecule is CN(C(=O)NCc1nccn1C)C(C)(C)C(=O)O. The van der Waals surface area contributed by atoms with E-state index in [0.29, 0.717) is 5.82 Å². The maximum atomic E-state index is 11.8. The van der Waals surface area contributed by atoms with Crippen molar-refractivity contribution in [3.8, 4) is 0 Å². The Kier molecular flexibility index (Phi) is 3.95. The summed E-state index contributed by atoms with van der Waals surface area (Å²) in [7, 11) is 3.27. The number of likely N-dealkylation sites (N-methyl/N-ethyl adjacent to an activating group) is 1. The van der Waals surface area contributed by atoms with E-state index >= 15 is 0 Å². The van der Waals surface area contributed by atoms with Gasteiger partial charge in [-0.3, -0.25) is 0 Å². The minimum atomic E-state index is -1.26. The summed E-state index contributed by atoms with van der Waals surface area (Å²) in [6.07, 6.45) is 3.40. The number of hydrogen-bond acceptors (Lipinski definition) is 3. The van der Waals surface area contributed by atoms with Crippen molar-refractivity contribution < 1.29 is 14.7 Å². The Bertz CT molecular complexity index is 453. The van der Waals surface area contributed by atoms with Crippen molar-refractivity contribution in [2.75, 3.05) is 7.05 Å². The van der Waals surface area contributed by atoms with E-state index in [9.17, 15) is 9.59 Å². The van der Waals surface area contributed by atoms with Crippen LogP contribution in [-0.2, 0) is 18.4 Å². The smallest absolute Gasteiger partial charge is 0.329 e. The van der Waals surface area contributed by atoms with E-state index in [0.717, 1.165) is 4.90 Å². The number of aromatic nitrogens is 2. The fraction of sp³-hybridized carbons (Fsp3) is 0.545. The number of aliphatic carboxylic acids is 1. The number of carbonyl (C=O) groups excluding carboxylic acids is 1. The topological polar surface area (TPSA) is 87.5 Å². The third-order valence-electron chi connectivity index (χ3n) is 2.99. The number of nitrogens with zero attached hydrogens (tertiary/aromatic N) is 3. The highest BCUT2D eigenvalue weighted by atomic mass is 16.4. The van der Waals surface area contributed by atoms with Gasteiger partial charge in [0.25, 0.3) is 0 Å². The Morgan fingerprint density at radius 3 is 2.61 bits per heavy atom. The molecule has 0 aliphatic carbocycles. The second-order valence-corrected chi connectivity index (χ2v) is 4.54. The fourth-order valence-corrected chi connectivity index (χ4v) is 1.24. The molecule has 0 aliphatic heterocycles. The number of rotatable bonds is 4. The molecule has 0 aliphatic rings. The van der Waals surface area contributed by atoms with E-state index in [2.05, 4.69) is 10.3 Å². The number of carbonyl (C=O) groups is 2. The van der Waals surface area contributed by atoms with Gasteiger partial charge in [-0.15, -0.1) is 0 Å². The Morgan fingerprint density at radius 1 is 1.56 bits per heavy atom. The lowest BCUT2D eigenvalue weighted by atomic mass is 10.1. The van der Waals surface area contributed by atoms with Crippen LogP contribution in [0.15, 0.2) is 12.4 Å². The molecule has 0 saturated heterocycles. The second kappa shape index (κ2) is 5.07. The number of hydrogen-bond donors (Lipinski definition) is 2. The van der Waals surface area contributed by atoms with E-state index in [4.69, 9.17) is 5.11 Å². The van der Waals surface area contributed by atoms with Crippen LogP contribution < -0.4 is 5.32 Å². The lowest BCUT2D eigenvalue weighted by Crippen LogP contribution is -2.54. The number of imidazole rings is 1. The molecule has 0 aromatic carbocycles. The normalized spacial score (nSPS) is 11.1. The molecule has 1 aromatic heterocycles. The molecule has 18 heavy (non-hydrogen) atoms. The van der Waals surface area contributed by atoms with Crippen molar-refractivity contribution in [1.82, 2.24) is 19.8 Å². The molecule has 0 bridgehead atoms. The van der Waals surface area contributed by atoms with E-state index in [1.54, 1.807) is 17.0 Å². The van der Waals surface area contributed by atoms with Crippen molar-refractivity contribution in [3.63, 3.8) is 0 Å². The maximum absolute atomic E-state index is 11.8. The van der Waals surface area contributed by atoms with Gasteiger partial charge in [-0.05, 0) is 13.8 Å². The van der Waals surface area contributed by atoms with Gasteiger partial charge in [0.2, 0.25) is 0 Å². The predicted octanol–water partition coefficient (Wildman–Crippen LogP) is 0.425. The summed E-state index contributed by atoms with van der Waals surface area (Å²) in [5.41, 5.74) is -1.26. The summed E-state index contributed by atoms with van der Waals surface area (Å²) >= 11 is 0. The van der Waals surface area contributed by atoms with Gasteiger partial charge in [0.05, 0.1) is 6.54 Å². The summed E-state index contributed by atoms with van der Waals surface area (Å²) in [4.78, 5) is 28.0. The Hall–Kier alpha value is -2.05. The molecule has 0 spiro atoms. The number of amides is 2. The molecule has 1 aromatic rings. The molecule has 0 radical (unpaired) electrons. The molecule has 1 rings (SSSR count). The van der Waals surface area contributed by atoms with Gasteiger partial charge >= 0.3 is 12.0 Å². The fourth-order valence-electron chi connectivity index (χ4n) is 1.24. The van der Waals surface area contributed by atoms with Gasteiger partial charge in [0.15, 0.2) is 0 Å². The quantitative estimate of drug-likeness (QED) is 0.815. The molecule has 2 amide bonds. The molecule has 7 heteroatoms. The first-order valence-electron chi connectivity index (χ1n) is 5.48. The first-order chi connectivity index (χ1) is 8.26. The van der Waals surface area contributed by atoms with Crippen LogP contribution in [0.2, 0.25) is 0 Å². The van der Waals surface area contributed by atoms with Crippen LogP contribution in [0.25, 0.3) is 0 Å². The van der Waals surface area contributed by atoms with Crippen LogP contribution in [-0.4, -0.2) is 44.1 Å². The van der Waals surface area contributed by atoms with Crippen molar-refractivity contribution in [3.05, 3.63) is 18.2 Å². The first-order valence-corrected chi connectivity index (χ1v) is 5.48. The highest BCUT2D eigenvalue weighted by Crippen LogP contribution is 2.12. The summed E-state index contributed by atoms with van der Waals surface area (Å²) in [6.45, 7) is 3.19. The molecule has 0 atom stereocenters. The third kappa shape index (κ3) is 2.79. The summed E-state index contributed by atoms with van der Waals surface area (Å²) < 4.78 is 1.78. The largest absolute Gasteiger partial charge is 0.480 e. The van der Waals surface area contributed by atoms with Crippen molar-refractivity contribution in [1.29, 1.82) is 0 Å². The molecule has 7 nitrogen and oxygen atoms in total. The number of urea groups is 1. The maximum Gasteiger partial charge on any atom is 0.329 e. The zero-order chi connectivity index (χ0) is 13.9. The van der Waals surface area contributed by atoms with Crippen molar-refractivity contribution in [2.45, 2.75) is 25.9 Å². The van der Waals surface area contributed by atoms with E-state index in [1.807, 2.05) is 7.05 Å². The van der Waals surface area contributed by atoms with Crippen molar-refractivity contribution >= 4 is 12.0 Å². The zero-order valence-corrected chi connectivity index (χ0v) is 11.0. The summed E-state index contributed by atoms with van der Waals surface area (Å²) in [6, 6.07) is -0.453. The van der Waals surface area contributed by atoms with Crippen LogP contribution in [0.3, 0.4) is 0 Å². The molecule has 2 N–H and O–H groups in total. The van der Waals surface area contributed by atoms with E-state index in [1.165, 1.54) is 20.9 Å². The van der Waals surface area contributed by atoms with E-state index < -0.39 is 17.5 Å². The highest BCUT2D eigenvalue weighted by Gasteiger charge is 2.35. The highest BCUT2D eigenvalue weighted by molar-refractivity contribution is 5.85. The number of nitrogens with one attached hydrogen (secondary N) is 1. The van der Waals surface area contributed by atoms with Gasteiger partial charge in [0, 0.05) is 26.5 Å². The third-order valence-corrected chi connectivity index (χ3v) is 2.99. The van der Waals surface area contributed by atoms with Crippen LogP contribution in [0.5, 0.6) is 0 Å². The van der Waals surface area contributed by atoms with Gasteiger partial charge in [0.1, 0.15) is 11.4 Å². The van der Waals surface area contributed by atoms with Gasteiger partial charge in [-0.1, -0.05) is 0 Å². The minimum absolute atomic E-state index is 0.252. The Labute approximate surface area is 105 Å². The molecular formula is C11H18N4O3. The Morgan fingerprint density at radius 2 is 2.17 bits per heavy atom. The van der Waals surface area contributed by atoms with Crippen molar-refractivity contribution in [2.24, 2.45) is 7.05 Å². The van der Waals surface area contributed by atoms with Crippen LogP contribution in [0.1, 0.15) is 19.7 Å². The zero-order valence-electron chi connectivity index (χ0n) is 11.0. The predicted molar refractivity (Wildman–Crippen MR) is 64.9 cm³/mol. The Balaban J connectivity index is 2.61. The van der Waals surface area contributed by atoms with E-state index in [-0.39, 0.29) is 6.54 Å². The average Bonchev–Trinajstić information content (AvgIpc) is 2.70. The monoisotopic (exact) mass is 254 g/mol. The van der Waals surface area contributed by atoms with Gasteiger partial charge in [-0.2, -0.15) is 0 Å². The molecule has 0 unspecified atom stereocenters. The second-order valence-electron chi connectivity index (χ2n) is 4.54. The molecular weight excluding hydrogens is 236 g/mol. The van der Waals surface area contributed by atoms with Gasteiger partial charge < -0.3 is 19.9 Å². The number of carboxylic acids is 1.